The van der Waals surface area contributed by atoms with E-state index < -0.39 is 17.5 Å². The van der Waals surface area contributed by atoms with Crippen molar-refractivity contribution in [2.24, 2.45) is 0 Å². The van der Waals surface area contributed by atoms with Gasteiger partial charge in [-0.15, -0.1) is 0 Å². The largest absolute Gasteiger partial charge is 0.478 e. The molecule has 1 unspecified atom stereocenters. The summed E-state index contributed by atoms with van der Waals surface area (Å²) in [6, 6.07) is 7.41. The molecular weight excluding hydrogens is 212 g/mol. The number of carbonyl (C=O) groups excluding carboxylic acids is 1. The number of ether oxygens (including phenoxy) is 1. The smallest absolute Gasteiger partial charge is 0.354 e. The van der Waals surface area contributed by atoms with Gasteiger partial charge in [-0.05, 0) is 6.92 Å². The molecule has 0 aliphatic carbocycles. The summed E-state index contributed by atoms with van der Waals surface area (Å²) in [5, 5.41) is 18.8. The minimum Gasteiger partial charge on any atom is -0.478 e. The average Bonchev–Trinajstić information content (AvgIpc) is 2.29. The molecular formula is C11H12O5. The summed E-state index contributed by atoms with van der Waals surface area (Å²) >= 11 is 0. The van der Waals surface area contributed by atoms with Gasteiger partial charge in [0.2, 0.25) is 0 Å². The van der Waals surface area contributed by atoms with Gasteiger partial charge in [-0.25, -0.2) is 9.59 Å². The molecule has 0 saturated heterocycles. The number of benzene rings is 1. The van der Waals surface area contributed by atoms with Crippen LogP contribution in [0.4, 0.5) is 0 Å². The fourth-order valence-electron chi connectivity index (χ4n) is 1.24. The van der Waals surface area contributed by atoms with E-state index in [0.717, 1.165) is 0 Å². The van der Waals surface area contributed by atoms with Crippen LogP contribution in [-0.4, -0.2) is 28.8 Å². The molecule has 0 fully saturated rings. The molecule has 16 heavy (non-hydrogen) atoms. The summed E-state index contributed by atoms with van der Waals surface area (Å²) in [6.45, 7) is 1.53. The van der Waals surface area contributed by atoms with Crippen LogP contribution >= 0.6 is 0 Å². The van der Waals surface area contributed by atoms with E-state index in [0.29, 0.717) is 0 Å². The van der Waals surface area contributed by atoms with E-state index in [4.69, 9.17) is 5.11 Å². The van der Waals surface area contributed by atoms with Crippen molar-refractivity contribution in [3.05, 3.63) is 35.9 Å². The van der Waals surface area contributed by atoms with E-state index in [9.17, 15) is 14.7 Å². The van der Waals surface area contributed by atoms with E-state index in [1.54, 1.807) is 6.07 Å². The summed E-state index contributed by atoms with van der Waals surface area (Å²) in [4.78, 5) is 22.4. The Labute approximate surface area is 92.3 Å². The summed E-state index contributed by atoms with van der Waals surface area (Å²) < 4.78 is 4.55. The lowest BCUT2D eigenvalue weighted by molar-refractivity contribution is -0.181. The second-order valence-corrected chi connectivity index (χ2v) is 3.10. The summed E-state index contributed by atoms with van der Waals surface area (Å²) in [7, 11) is 0. The standard InChI is InChI=1S/C11H12O5/c1-2-16-10(14)11(15,9(12)13)8-6-4-3-5-7-8/h3-7,15H,2H2,1H3,(H,12,13). The van der Waals surface area contributed by atoms with Crippen LogP contribution in [0.5, 0.6) is 0 Å². The molecule has 0 spiro atoms. The topological polar surface area (TPSA) is 83.8 Å². The first kappa shape index (κ1) is 12.2. The van der Waals surface area contributed by atoms with Crippen molar-refractivity contribution in [2.75, 3.05) is 6.61 Å². The van der Waals surface area contributed by atoms with Gasteiger partial charge in [0.1, 0.15) is 0 Å². The van der Waals surface area contributed by atoms with Crippen molar-refractivity contribution in [3.63, 3.8) is 0 Å². The number of carbonyl (C=O) groups is 2. The lowest BCUT2D eigenvalue weighted by Gasteiger charge is -2.21. The molecule has 1 aromatic rings. The maximum absolute atomic E-state index is 11.5. The molecule has 0 heterocycles. The first-order valence-electron chi connectivity index (χ1n) is 4.72. The normalized spacial score (nSPS) is 13.9. The molecule has 5 heteroatoms. The molecule has 0 saturated carbocycles. The fraction of sp³-hybridized carbons (Fsp3) is 0.273. The van der Waals surface area contributed by atoms with Crippen molar-refractivity contribution in [2.45, 2.75) is 12.5 Å². The van der Waals surface area contributed by atoms with Crippen LogP contribution in [0.25, 0.3) is 0 Å². The summed E-state index contributed by atoms with van der Waals surface area (Å²) in [5.74, 6) is -2.84. The molecule has 1 aromatic carbocycles. The van der Waals surface area contributed by atoms with Crippen molar-refractivity contribution in [3.8, 4) is 0 Å². The van der Waals surface area contributed by atoms with Gasteiger partial charge in [-0.1, -0.05) is 30.3 Å². The van der Waals surface area contributed by atoms with Crippen LogP contribution in [0, 0.1) is 0 Å². The van der Waals surface area contributed by atoms with Crippen LogP contribution < -0.4 is 0 Å². The number of hydrogen-bond acceptors (Lipinski definition) is 4. The Bertz CT molecular complexity index is 387. The molecule has 0 radical (unpaired) electrons. The Kier molecular flexibility index (Phi) is 3.63. The van der Waals surface area contributed by atoms with Gasteiger partial charge in [-0.3, -0.25) is 0 Å². The monoisotopic (exact) mass is 224 g/mol. The lowest BCUT2D eigenvalue weighted by atomic mass is 9.94. The van der Waals surface area contributed by atoms with Crippen LogP contribution in [0.1, 0.15) is 12.5 Å². The van der Waals surface area contributed by atoms with E-state index >= 15 is 0 Å². The third kappa shape index (κ3) is 2.04. The lowest BCUT2D eigenvalue weighted by Crippen LogP contribution is -2.44. The predicted octanol–water partition coefficient (Wildman–Crippen LogP) is 0.522. The van der Waals surface area contributed by atoms with E-state index in [2.05, 4.69) is 4.74 Å². The van der Waals surface area contributed by atoms with E-state index in [1.165, 1.54) is 31.2 Å². The maximum atomic E-state index is 11.5. The highest BCUT2D eigenvalue weighted by atomic mass is 16.6. The van der Waals surface area contributed by atoms with Crippen LogP contribution in [0.15, 0.2) is 30.3 Å². The highest BCUT2D eigenvalue weighted by Gasteiger charge is 2.47. The summed E-state index contributed by atoms with van der Waals surface area (Å²) in [5.41, 5.74) is -2.67. The number of carboxylic acid groups (broad SMARTS) is 1. The molecule has 0 aliphatic heterocycles. The Morgan fingerprint density at radius 1 is 1.31 bits per heavy atom. The molecule has 0 aromatic heterocycles. The second kappa shape index (κ2) is 4.76. The van der Waals surface area contributed by atoms with Crippen LogP contribution in [0.2, 0.25) is 0 Å². The number of rotatable bonds is 4. The molecule has 5 nitrogen and oxygen atoms in total. The number of esters is 1. The molecule has 0 amide bonds. The van der Waals surface area contributed by atoms with Gasteiger partial charge in [0.15, 0.2) is 0 Å². The molecule has 1 atom stereocenters. The van der Waals surface area contributed by atoms with Gasteiger partial charge in [0.05, 0.1) is 6.61 Å². The zero-order chi connectivity index (χ0) is 12.2. The summed E-state index contributed by atoms with van der Waals surface area (Å²) in [6.07, 6.45) is 0. The number of aliphatic hydroxyl groups is 1. The average molecular weight is 224 g/mol. The molecule has 0 aliphatic rings. The second-order valence-electron chi connectivity index (χ2n) is 3.10. The minimum absolute atomic E-state index is 0.00125. The third-order valence-corrected chi connectivity index (χ3v) is 2.07. The fourth-order valence-corrected chi connectivity index (χ4v) is 1.24. The zero-order valence-electron chi connectivity index (χ0n) is 8.71. The molecule has 86 valence electrons. The van der Waals surface area contributed by atoms with E-state index in [-0.39, 0.29) is 12.2 Å². The number of aliphatic carboxylic acids is 1. The molecule has 0 bridgehead atoms. The maximum Gasteiger partial charge on any atom is 0.354 e. The first-order chi connectivity index (χ1) is 7.53. The van der Waals surface area contributed by atoms with Gasteiger partial charge in [0, 0.05) is 5.56 Å². The Balaban J connectivity index is 3.17. The Morgan fingerprint density at radius 2 is 1.88 bits per heavy atom. The number of hydrogen-bond donors (Lipinski definition) is 2. The first-order valence-corrected chi connectivity index (χ1v) is 4.72. The third-order valence-electron chi connectivity index (χ3n) is 2.07. The van der Waals surface area contributed by atoms with Gasteiger partial charge in [-0.2, -0.15) is 0 Å². The highest BCUT2D eigenvalue weighted by Crippen LogP contribution is 2.23. The van der Waals surface area contributed by atoms with Crippen molar-refractivity contribution in [1.82, 2.24) is 0 Å². The highest BCUT2D eigenvalue weighted by molar-refractivity contribution is 6.03. The Morgan fingerprint density at radius 3 is 2.31 bits per heavy atom. The molecule has 2 N–H and O–H groups in total. The van der Waals surface area contributed by atoms with Crippen molar-refractivity contribution in [1.29, 1.82) is 0 Å². The van der Waals surface area contributed by atoms with Crippen molar-refractivity contribution < 1.29 is 24.5 Å². The van der Waals surface area contributed by atoms with Gasteiger partial charge in [0.25, 0.3) is 5.60 Å². The van der Waals surface area contributed by atoms with Gasteiger partial charge < -0.3 is 14.9 Å². The predicted molar refractivity (Wildman–Crippen MR) is 54.6 cm³/mol. The van der Waals surface area contributed by atoms with Crippen LogP contribution in [-0.2, 0) is 19.9 Å². The van der Waals surface area contributed by atoms with Gasteiger partial charge >= 0.3 is 11.9 Å². The Hall–Kier alpha value is -1.88. The quantitative estimate of drug-likeness (QED) is 0.575. The number of carboxylic acids is 1. The minimum atomic E-state index is -2.64. The van der Waals surface area contributed by atoms with Crippen LogP contribution in [0.3, 0.4) is 0 Å². The van der Waals surface area contributed by atoms with E-state index in [1.807, 2.05) is 0 Å². The SMILES string of the molecule is CCOC(=O)C(O)(C(=O)O)c1ccccc1. The molecule has 1 rings (SSSR count). The van der Waals surface area contributed by atoms with Crippen molar-refractivity contribution >= 4 is 11.9 Å². The zero-order valence-corrected chi connectivity index (χ0v) is 8.71.